The van der Waals surface area contributed by atoms with Gasteiger partial charge in [0.2, 0.25) is 0 Å². The Labute approximate surface area is 181 Å². The van der Waals surface area contributed by atoms with Crippen LogP contribution >= 0.6 is 0 Å². The lowest BCUT2D eigenvalue weighted by Gasteiger charge is -2.02. The predicted octanol–water partition coefficient (Wildman–Crippen LogP) is 6.79. The maximum atomic E-state index is 9.29. The SMILES string of the molecule is CCc1ccc(C)cc1O.CCc1ccc(O)c(C)c1.CCc1cccc(O)c1C. The van der Waals surface area contributed by atoms with Crippen LogP contribution in [0.25, 0.3) is 0 Å². The maximum absolute atomic E-state index is 9.29. The summed E-state index contributed by atoms with van der Waals surface area (Å²) in [5.74, 6) is 1.21. The molecule has 0 aliphatic heterocycles. The average molecular weight is 409 g/mol. The minimum Gasteiger partial charge on any atom is -0.508 e. The van der Waals surface area contributed by atoms with E-state index >= 15 is 0 Å². The van der Waals surface area contributed by atoms with Crippen molar-refractivity contribution >= 4 is 0 Å². The first-order valence-electron chi connectivity index (χ1n) is 10.6. The van der Waals surface area contributed by atoms with Gasteiger partial charge in [0, 0.05) is 0 Å². The molecule has 0 aliphatic rings. The van der Waals surface area contributed by atoms with Crippen molar-refractivity contribution in [2.45, 2.75) is 60.8 Å². The lowest BCUT2D eigenvalue weighted by Crippen LogP contribution is -1.84. The van der Waals surface area contributed by atoms with Crippen LogP contribution in [0, 0.1) is 20.8 Å². The Bertz CT molecular complexity index is 929. The number of aryl methyl sites for hydroxylation is 5. The molecule has 3 aromatic carbocycles. The van der Waals surface area contributed by atoms with Gasteiger partial charge < -0.3 is 15.3 Å². The van der Waals surface area contributed by atoms with Gasteiger partial charge in [-0.3, -0.25) is 0 Å². The molecule has 3 heteroatoms. The van der Waals surface area contributed by atoms with E-state index in [2.05, 4.69) is 13.8 Å². The number of rotatable bonds is 3. The number of aromatic hydroxyl groups is 3. The van der Waals surface area contributed by atoms with E-state index < -0.39 is 0 Å². The van der Waals surface area contributed by atoms with E-state index in [0.717, 1.165) is 41.5 Å². The van der Waals surface area contributed by atoms with E-state index in [9.17, 15) is 10.2 Å². The van der Waals surface area contributed by atoms with Gasteiger partial charge in [-0.1, -0.05) is 57.2 Å². The van der Waals surface area contributed by atoms with Gasteiger partial charge in [0.15, 0.2) is 0 Å². The van der Waals surface area contributed by atoms with Crippen molar-refractivity contribution in [3.8, 4) is 17.2 Å². The van der Waals surface area contributed by atoms with E-state index in [1.54, 1.807) is 18.2 Å². The van der Waals surface area contributed by atoms with Crippen molar-refractivity contribution in [2.75, 3.05) is 0 Å². The summed E-state index contributed by atoms with van der Waals surface area (Å²) in [6, 6.07) is 17.1. The van der Waals surface area contributed by atoms with Gasteiger partial charge in [-0.05, 0) is 91.6 Å². The van der Waals surface area contributed by atoms with Gasteiger partial charge in [-0.25, -0.2) is 0 Å². The molecule has 3 rings (SSSR count). The molecule has 0 aliphatic carbocycles. The van der Waals surface area contributed by atoms with Crippen LogP contribution < -0.4 is 0 Å². The number of hydrogen-bond donors (Lipinski definition) is 3. The molecule has 0 atom stereocenters. The van der Waals surface area contributed by atoms with Gasteiger partial charge >= 0.3 is 0 Å². The normalized spacial score (nSPS) is 9.80. The van der Waals surface area contributed by atoms with Crippen LogP contribution in [0.1, 0.15) is 54.2 Å². The van der Waals surface area contributed by atoms with Crippen LogP contribution in [0.4, 0.5) is 0 Å². The van der Waals surface area contributed by atoms with Gasteiger partial charge in [-0.2, -0.15) is 0 Å². The molecule has 0 spiro atoms. The largest absolute Gasteiger partial charge is 0.508 e. The van der Waals surface area contributed by atoms with Crippen molar-refractivity contribution in [3.63, 3.8) is 0 Å². The van der Waals surface area contributed by atoms with E-state index in [1.165, 1.54) is 11.1 Å². The first-order valence-corrected chi connectivity index (χ1v) is 10.6. The molecule has 3 N–H and O–H groups in total. The topological polar surface area (TPSA) is 60.7 Å². The standard InChI is InChI=1S/3C9H12O/c1-3-8-4-5-9(10)7(2)6-8;1-3-8-5-4-7(2)6-9(8)10;1-3-8-5-4-6-9(10)7(8)2/h3*4-6,10H,3H2,1-2H3. The number of phenols is 3. The Morgan fingerprint density at radius 3 is 1.77 bits per heavy atom. The summed E-state index contributed by atoms with van der Waals surface area (Å²) in [4.78, 5) is 0. The summed E-state index contributed by atoms with van der Waals surface area (Å²) in [7, 11) is 0. The highest BCUT2D eigenvalue weighted by Crippen LogP contribution is 2.20. The van der Waals surface area contributed by atoms with E-state index in [0.29, 0.717) is 17.2 Å². The van der Waals surface area contributed by atoms with Crippen molar-refractivity contribution < 1.29 is 15.3 Å². The molecule has 0 saturated carbocycles. The number of phenolic OH excluding ortho intramolecular Hbond substituents is 3. The third-order valence-electron chi connectivity index (χ3n) is 5.09. The fraction of sp³-hybridized carbons (Fsp3) is 0.333. The Balaban J connectivity index is 0.000000225. The summed E-state index contributed by atoms with van der Waals surface area (Å²) in [5.41, 5.74) is 6.58. The third kappa shape index (κ3) is 7.82. The molecule has 0 saturated heterocycles. The van der Waals surface area contributed by atoms with Crippen molar-refractivity contribution in [1.29, 1.82) is 0 Å². The molecule has 162 valence electrons. The summed E-state index contributed by atoms with van der Waals surface area (Å²) in [6.07, 6.45) is 2.91. The highest BCUT2D eigenvalue weighted by molar-refractivity contribution is 5.38. The Hall–Kier alpha value is -2.94. The Kier molecular flexibility index (Phi) is 10.5. The second kappa shape index (κ2) is 12.6. The third-order valence-corrected chi connectivity index (χ3v) is 5.09. The first kappa shape index (κ1) is 25.1. The van der Waals surface area contributed by atoms with Crippen LogP contribution in [0.3, 0.4) is 0 Å². The molecule has 0 unspecified atom stereocenters. The van der Waals surface area contributed by atoms with E-state index in [4.69, 9.17) is 5.11 Å². The minimum absolute atomic E-state index is 0.386. The number of benzene rings is 3. The zero-order valence-electron chi connectivity index (χ0n) is 19.2. The zero-order chi connectivity index (χ0) is 22.7. The van der Waals surface area contributed by atoms with E-state index in [1.807, 2.05) is 64.1 Å². The first-order chi connectivity index (χ1) is 14.2. The lowest BCUT2D eigenvalue weighted by atomic mass is 10.1. The van der Waals surface area contributed by atoms with Crippen LogP contribution in [0.5, 0.6) is 17.2 Å². The van der Waals surface area contributed by atoms with Gasteiger partial charge in [0.25, 0.3) is 0 Å². The molecule has 0 bridgehead atoms. The second-order valence-corrected chi connectivity index (χ2v) is 7.37. The van der Waals surface area contributed by atoms with Crippen molar-refractivity contribution in [1.82, 2.24) is 0 Å². The Morgan fingerprint density at radius 2 is 1.27 bits per heavy atom. The number of hydrogen-bond acceptors (Lipinski definition) is 3. The molecule has 3 nitrogen and oxygen atoms in total. The molecule has 0 radical (unpaired) electrons. The van der Waals surface area contributed by atoms with Crippen LogP contribution in [-0.4, -0.2) is 15.3 Å². The van der Waals surface area contributed by atoms with Crippen molar-refractivity contribution in [3.05, 3.63) is 88.0 Å². The predicted molar refractivity (Wildman–Crippen MR) is 127 cm³/mol. The molecule has 0 fully saturated rings. The summed E-state index contributed by atoms with van der Waals surface area (Å²) >= 11 is 0. The summed E-state index contributed by atoms with van der Waals surface area (Å²) in [5, 5.41) is 27.7. The van der Waals surface area contributed by atoms with Crippen LogP contribution in [0.2, 0.25) is 0 Å². The van der Waals surface area contributed by atoms with Crippen molar-refractivity contribution in [2.24, 2.45) is 0 Å². The molecule has 30 heavy (non-hydrogen) atoms. The lowest BCUT2D eigenvalue weighted by molar-refractivity contribution is 0.468. The fourth-order valence-corrected chi connectivity index (χ4v) is 2.96. The van der Waals surface area contributed by atoms with Gasteiger partial charge in [0.1, 0.15) is 17.2 Å². The maximum Gasteiger partial charge on any atom is 0.119 e. The molecular weight excluding hydrogens is 372 g/mol. The van der Waals surface area contributed by atoms with Gasteiger partial charge in [-0.15, -0.1) is 0 Å². The smallest absolute Gasteiger partial charge is 0.119 e. The molecule has 3 aromatic rings. The van der Waals surface area contributed by atoms with Crippen LogP contribution in [0.15, 0.2) is 54.6 Å². The quantitative estimate of drug-likeness (QED) is 0.447. The Morgan fingerprint density at radius 1 is 0.600 bits per heavy atom. The monoisotopic (exact) mass is 408 g/mol. The second-order valence-electron chi connectivity index (χ2n) is 7.37. The summed E-state index contributed by atoms with van der Waals surface area (Å²) < 4.78 is 0. The zero-order valence-corrected chi connectivity index (χ0v) is 19.2. The molecular formula is C27H36O3. The van der Waals surface area contributed by atoms with Crippen LogP contribution in [-0.2, 0) is 19.3 Å². The fourth-order valence-electron chi connectivity index (χ4n) is 2.96. The summed E-state index contributed by atoms with van der Waals surface area (Å²) in [6.45, 7) is 12.0. The minimum atomic E-state index is 0.386. The molecule has 0 aromatic heterocycles. The average Bonchev–Trinajstić information content (AvgIpc) is 2.73. The van der Waals surface area contributed by atoms with E-state index in [-0.39, 0.29) is 0 Å². The highest BCUT2D eigenvalue weighted by Gasteiger charge is 1.98. The molecule has 0 heterocycles. The highest BCUT2D eigenvalue weighted by atomic mass is 16.3. The molecule has 0 amide bonds. The van der Waals surface area contributed by atoms with Gasteiger partial charge in [0.05, 0.1) is 0 Å².